The Bertz CT molecular complexity index is 348. The molecule has 1 fully saturated rings. The highest BCUT2D eigenvalue weighted by Gasteiger charge is 2.15. The number of aromatic nitrogens is 1. The predicted octanol–water partition coefficient (Wildman–Crippen LogP) is 2.69. The Hall–Kier alpha value is -1.09. The van der Waals surface area contributed by atoms with E-state index in [1.807, 2.05) is 19.1 Å². The van der Waals surface area contributed by atoms with Crippen LogP contribution < -0.4 is 10.1 Å². The Labute approximate surface area is 104 Å². The number of nitrogens with zero attached hydrogens (tertiary/aromatic N) is 1. The second kappa shape index (κ2) is 6.01. The molecular weight excluding hydrogens is 212 g/mol. The van der Waals surface area contributed by atoms with Gasteiger partial charge in [0.05, 0.1) is 5.69 Å². The summed E-state index contributed by atoms with van der Waals surface area (Å²) in [5.41, 5.74) is 0.959. The van der Waals surface area contributed by atoms with Crippen LogP contribution in [0.5, 0.6) is 5.75 Å². The largest absolute Gasteiger partial charge is 0.487 e. The zero-order chi connectivity index (χ0) is 12.1. The average Bonchev–Trinajstić information content (AvgIpc) is 2.82. The van der Waals surface area contributed by atoms with Gasteiger partial charge in [-0.05, 0) is 38.8 Å². The summed E-state index contributed by atoms with van der Waals surface area (Å²) in [6.07, 6.45) is 7.36. The molecule has 1 aliphatic carbocycles. The van der Waals surface area contributed by atoms with Crippen molar-refractivity contribution < 1.29 is 4.74 Å². The van der Waals surface area contributed by atoms with Crippen molar-refractivity contribution in [2.45, 2.75) is 51.7 Å². The lowest BCUT2D eigenvalue weighted by molar-refractivity contribution is 0.209. The lowest BCUT2D eigenvalue weighted by Gasteiger charge is -2.19. The summed E-state index contributed by atoms with van der Waals surface area (Å²) in [5.74, 6) is 0.897. The zero-order valence-corrected chi connectivity index (χ0v) is 10.8. The van der Waals surface area contributed by atoms with Crippen LogP contribution in [-0.4, -0.2) is 23.7 Å². The van der Waals surface area contributed by atoms with Gasteiger partial charge in [-0.25, -0.2) is 0 Å². The molecule has 2 rings (SSSR count). The van der Waals surface area contributed by atoms with Gasteiger partial charge >= 0.3 is 0 Å². The molecule has 1 aromatic heterocycles. The lowest BCUT2D eigenvalue weighted by Crippen LogP contribution is -2.35. The number of hydrogen-bond acceptors (Lipinski definition) is 3. The Kier molecular flexibility index (Phi) is 4.37. The molecule has 0 aliphatic heterocycles. The monoisotopic (exact) mass is 234 g/mol. The Morgan fingerprint density at radius 1 is 1.47 bits per heavy atom. The van der Waals surface area contributed by atoms with E-state index in [0.29, 0.717) is 6.04 Å². The minimum absolute atomic E-state index is 0.193. The lowest BCUT2D eigenvalue weighted by atomic mass is 10.2. The van der Waals surface area contributed by atoms with Crippen LogP contribution in [0, 0.1) is 6.92 Å². The normalized spacial score (nSPS) is 18.2. The maximum Gasteiger partial charge on any atom is 0.140 e. The van der Waals surface area contributed by atoms with Crippen LogP contribution in [0.2, 0.25) is 0 Å². The standard InChI is InChI=1S/C14H22N2O/c1-11(10-16-13-6-3-4-7-13)17-14-8-5-9-15-12(14)2/h5,8-9,11,13,16H,3-4,6-7,10H2,1-2H3. The first-order valence-corrected chi connectivity index (χ1v) is 6.57. The summed E-state index contributed by atoms with van der Waals surface area (Å²) in [6, 6.07) is 4.60. The maximum absolute atomic E-state index is 5.88. The molecule has 1 atom stereocenters. The molecule has 1 N–H and O–H groups in total. The molecule has 3 heteroatoms. The molecule has 1 unspecified atom stereocenters. The second-order valence-electron chi connectivity index (χ2n) is 4.91. The van der Waals surface area contributed by atoms with Gasteiger partial charge in [-0.2, -0.15) is 0 Å². The smallest absolute Gasteiger partial charge is 0.140 e. The average molecular weight is 234 g/mol. The van der Waals surface area contributed by atoms with Crippen molar-refractivity contribution in [3.05, 3.63) is 24.0 Å². The van der Waals surface area contributed by atoms with E-state index in [-0.39, 0.29) is 6.10 Å². The number of pyridine rings is 1. The van der Waals surface area contributed by atoms with Gasteiger partial charge in [0.2, 0.25) is 0 Å². The first kappa shape index (κ1) is 12.4. The van der Waals surface area contributed by atoms with Gasteiger partial charge in [-0.15, -0.1) is 0 Å². The highest BCUT2D eigenvalue weighted by Crippen LogP contribution is 2.18. The molecule has 1 aliphatic rings. The van der Waals surface area contributed by atoms with E-state index >= 15 is 0 Å². The topological polar surface area (TPSA) is 34.1 Å². The fraction of sp³-hybridized carbons (Fsp3) is 0.643. The van der Waals surface area contributed by atoms with Gasteiger partial charge in [-0.1, -0.05) is 12.8 Å². The quantitative estimate of drug-likeness (QED) is 0.850. The van der Waals surface area contributed by atoms with Crippen molar-refractivity contribution in [2.75, 3.05) is 6.54 Å². The SMILES string of the molecule is Cc1ncccc1OC(C)CNC1CCCC1. The first-order chi connectivity index (χ1) is 8.25. The van der Waals surface area contributed by atoms with Crippen molar-refractivity contribution in [1.82, 2.24) is 10.3 Å². The number of ether oxygens (including phenoxy) is 1. The van der Waals surface area contributed by atoms with Crippen molar-refractivity contribution in [1.29, 1.82) is 0 Å². The van der Waals surface area contributed by atoms with Gasteiger partial charge in [0.15, 0.2) is 0 Å². The molecular formula is C14H22N2O. The highest BCUT2D eigenvalue weighted by atomic mass is 16.5. The van der Waals surface area contributed by atoms with Crippen LogP contribution in [0.4, 0.5) is 0 Å². The third-order valence-corrected chi connectivity index (χ3v) is 3.34. The fourth-order valence-corrected chi connectivity index (χ4v) is 2.32. The van der Waals surface area contributed by atoms with Gasteiger partial charge in [0.1, 0.15) is 11.9 Å². The third-order valence-electron chi connectivity index (χ3n) is 3.34. The minimum atomic E-state index is 0.193. The minimum Gasteiger partial charge on any atom is -0.487 e. The first-order valence-electron chi connectivity index (χ1n) is 6.57. The fourth-order valence-electron chi connectivity index (χ4n) is 2.32. The molecule has 0 amide bonds. The van der Waals surface area contributed by atoms with Gasteiger partial charge in [0, 0.05) is 18.8 Å². The van der Waals surface area contributed by atoms with E-state index in [9.17, 15) is 0 Å². The van der Waals surface area contributed by atoms with E-state index in [2.05, 4.69) is 17.2 Å². The maximum atomic E-state index is 5.88. The van der Waals surface area contributed by atoms with Crippen molar-refractivity contribution in [3.8, 4) is 5.75 Å². The summed E-state index contributed by atoms with van der Waals surface area (Å²) >= 11 is 0. The molecule has 1 saturated carbocycles. The van der Waals surface area contributed by atoms with Crippen LogP contribution in [-0.2, 0) is 0 Å². The summed E-state index contributed by atoms with van der Waals surface area (Å²) in [5, 5.41) is 3.58. The number of rotatable bonds is 5. The van der Waals surface area contributed by atoms with Crippen molar-refractivity contribution in [3.63, 3.8) is 0 Å². The summed E-state index contributed by atoms with van der Waals surface area (Å²) < 4.78 is 5.88. The van der Waals surface area contributed by atoms with Crippen molar-refractivity contribution >= 4 is 0 Å². The number of hydrogen-bond donors (Lipinski definition) is 1. The molecule has 94 valence electrons. The van der Waals surface area contributed by atoms with Crippen LogP contribution >= 0.6 is 0 Å². The predicted molar refractivity (Wildman–Crippen MR) is 69.3 cm³/mol. The molecule has 17 heavy (non-hydrogen) atoms. The van der Waals surface area contributed by atoms with Crippen LogP contribution in [0.25, 0.3) is 0 Å². The zero-order valence-electron chi connectivity index (χ0n) is 10.8. The number of aryl methyl sites for hydroxylation is 1. The van der Waals surface area contributed by atoms with Crippen LogP contribution in [0.1, 0.15) is 38.3 Å². The summed E-state index contributed by atoms with van der Waals surface area (Å²) in [6.45, 7) is 5.00. The molecule has 0 saturated heterocycles. The van der Waals surface area contributed by atoms with Gasteiger partial charge in [0.25, 0.3) is 0 Å². The molecule has 1 heterocycles. The summed E-state index contributed by atoms with van der Waals surface area (Å²) in [4.78, 5) is 4.22. The van der Waals surface area contributed by atoms with Crippen LogP contribution in [0.15, 0.2) is 18.3 Å². The van der Waals surface area contributed by atoms with E-state index in [4.69, 9.17) is 4.74 Å². The van der Waals surface area contributed by atoms with E-state index < -0.39 is 0 Å². The van der Waals surface area contributed by atoms with E-state index in [1.54, 1.807) is 6.20 Å². The third kappa shape index (κ3) is 3.70. The Morgan fingerprint density at radius 2 is 2.24 bits per heavy atom. The molecule has 1 aromatic rings. The van der Waals surface area contributed by atoms with Crippen molar-refractivity contribution in [2.24, 2.45) is 0 Å². The molecule has 0 bridgehead atoms. The molecule has 0 spiro atoms. The summed E-state index contributed by atoms with van der Waals surface area (Å²) in [7, 11) is 0. The molecule has 0 aromatic carbocycles. The van der Waals surface area contributed by atoms with Crippen LogP contribution in [0.3, 0.4) is 0 Å². The molecule has 3 nitrogen and oxygen atoms in total. The highest BCUT2D eigenvalue weighted by molar-refractivity contribution is 5.25. The van der Waals surface area contributed by atoms with E-state index in [1.165, 1.54) is 25.7 Å². The van der Waals surface area contributed by atoms with Gasteiger partial charge < -0.3 is 10.1 Å². The Balaban J connectivity index is 1.76. The molecule has 0 radical (unpaired) electrons. The second-order valence-corrected chi connectivity index (χ2v) is 4.91. The van der Waals surface area contributed by atoms with Gasteiger partial charge in [-0.3, -0.25) is 4.98 Å². The Morgan fingerprint density at radius 3 is 2.94 bits per heavy atom. The number of nitrogens with one attached hydrogen (secondary N) is 1. The van der Waals surface area contributed by atoms with E-state index in [0.717, 1.165) is 18.0 Å².